The molecular weight excluding hydrogens is 340 g/mol. The Bertz CT molecular complexity index is 455. The van der Waals surface area contributed by atoms with Crippen molar-refractivity contribution in [2.45, 2.75) is 82.2 Å². The molecule has 0 aliphatic heterocycles. The van der Waals surface area contributed by atoms with E-state index in [1.54, 1.807) is 0 Å². The van der Waals surface area contributed by atoms with Crippen LogP contribution in [0.3, 0.4) is 0 Å². The van der Waals surface area contributed by atoms with E-state index in [-0.39, 0.29) is 17.6 Å². The smallest absolute Gasteiger partial charge is 0.0721 e. The van der Waals surface area contributed by atoms with Gasteiger partial charge in [-0.05, 0) is 85.9 Å². The predicted molar refractivity (Wildman–Crippen MR) is 91.8 cm³/mol. The monoisotopic (exact) mass is 370 g/mol. The average molecular weight is 371 g/mol. The van der Waals surface area contributed by atoms with E-state index < -0.39 is 0 Å². The van der Waals surface area contributed by atoms with E-state index in [0.717, 1.165) is 37.0 Å². The molecule has 4 aliphatic rings. The molecule has 126 valence electrons. The largest absolute Gasteiger partial charge is 0.393 e. The number of halogens is 1. The van der Waals surface area contributed by atoms with Gasteiger partial charge in [-0.2, -0.15) is 0 Å². The minimum Gasteiger partial charge on any atom is -0.393 e. The van der Waals surface area contributed by atoms with Crippen LogP contribution >= 0.6 is 15.9 Å². The summed E-state index contributed by atoms with van der Waals surface area (Å²) in [5.74, 6) is 3.04. The van der Waals surface area contributed by atoms with Crippen molar-refractivity contribution in [1.82, 2.24) is 0 Å². The zero-order valence-electron chi connectivity index (χ0n) is 14.0. The van der Waals surface area contributed by atoms with E-state index >= 15 is 0 Å². The predicted octanol–water partition coefficient (Wildman–Crippen LogP) is 4.12. The standard InChI is InChI=1S/C19H31BrO2/c1-18-7-5-12(21)9-11(18)3-4-13-14(18)6-8-19(2)15(13)10-16(20)17(19)22/h11-17,21-22H,3-10H2,1-2H3/t11-,12-,13?,14?,15?,16-,17-,18-,19-/m0/s1. The normalized spacial score (nSPS) is 61.2. The molecule has 4 rings (SSSR count). The van der Waals surface area contributed by atoms with Crippen molar-refractivity contribution in [3.8, 4) is 0 Å². The molecule has 2 nitrogen and oxygen atoms in total. The van der Waals surface area contributed by atoms with E-state index in [2.05, 4.69) is 29.8 Å². The lowest BCUT2D eigenvalue weighted by Gasteiger charge is -2.60. The molecule has 0 spiro atoms. The highest BCUT2D eigenvalue weighted by atomic mass is 79.9. The molecular formula is C19H31BrO2. The van der Waals surface area contributed by atoms with Gasteiger partial charge in [0, 0.05) is 4.83 Å². The molecule has 0 aromatic carbocycles. The molecule has 0 heterocycles. The molecule has 3 heteroatoms. The molecule has 9 atom stereocenters. The number of hydrogen-bond acceptors (Lipinski definition) is 2. The van der Waals surface area contributed by atoms with Crippen molar-refractivity contribution >= 4 is 15.9 Å². The Hall–Kier alpha value is 0.400. The van der Waals surface area contributed by atoms with Crippen LogP contribution in [0.1, 0.15) is 65.2 Å². The van der Waals surface area contributed by atoms with Crippen LogP contribution in [0, 0.1) is 34.5 Å². The molecule has 0 amide bonds. The summed E-state index contributed by atoms with van der Waals surface area (Å²) < 4.78 is 0. The second-order valence-corrected chi connectivity index (χ2v) is 10.5. The van der Waals surface area contributed by atoms with Crippen molar-refractivity contribution in [3.63, 3.8) is 0 Å². The third-order valence-electron chi connectivity index (χ3n) is 8.57. The van der Waals surface area contributed by atoms with Crippen LogP contribution in [-0.2, 0) is 0 Å². The van der Waals surface area contributed by atoms with Crippen molar-refractivity contribution in [1.29, 1.82) is 0 Å². The molecule has 0 saturated heterocycles. The van der Waals surface area contributed by atoms with Crippen LogP contribution in [0.4, 0.5) is 0 Å². The first-order valence-electron chi connectivity index (χ1n) is 9.36. The van der Waals surface area contributed by atoms with Gasteiger partial charge in [-0.15, -0.1) is 0 Å². The van der Waals surface area contributed by atoms with Gasteiger partial charge in [0.05, 0.1) is 12.2 Å². The Morgan fingerprint density at radius 2 is 1.59 bits per heavy atom. The lowest BCUT2D eigenvalue weighted by atomic mass is 9.45. The summed E-state index contributed by atoms with van der Waals surface area (Å²) in [6.45, 7) is 4.87. The fourth-order valence-corrected chi connectivity index (χ4v) is 8.19. The molecule has 22 heavy (non-hydrogen) atoms. The van der Waals surface area contributed by atoms with Crippen molar-refractivity contribution in [2.75, 3.05) is 0 Å². The Morgan fingerprint density at radius 3 is 2.36 bits per heavy atom. The first-order chi connectivity index (χ1) is 10.4. The van der Waals surface area contributed by atoms with E-state index in [1.807, 2.05) is 0 Å². The first kappa shape index (κ1) is 15.9. The Balaban J connectivity index is 1.63. The van der Waals surface area contributed by atoms with Gasteiger partial charge < -0.3 is 10.2 Å². The van der Waals surface area contributed by atoms with E-state index in [9.17, 15) is 10.2 Å². The highest BCUT2D eigenvalue weighted by Crippen LogP contribution is 2.66. The summed E-state index contributed by atoms with van der Waals surface area (Å²) in [6.07, 6.45) is 9.28. The lowest BCUT2D eigenvalue weighted by Crippen LogP contribution is -2.54. The molecule has 0 bridgehead atoms. The van der Waals surface area contributed by atoms with Crippen LogP contribution in [0.15, 0.2) is 0 Å². The van der Waals surface area contributed by atoms with E-state index in [4.69, 9.17) is 0 Å². The maximum absolute atomic E-state index is 10.7. The maximum Gasteiger partial charge on any atom is 0.0721 e. The minimum atomic E-state index is -0.169. The number of alkyl halides is 1. The molecule has 4 aliphatic carbocycles. The Labute approximate surface area is 143 Å². The topological polar surface area (TPSA) is 40.5 Å². The minimum absolute atomic E-state index is 0.0521. The van der Waals surface area contributed by atoms with Gasteiger partial charge in [-0.1, -0.05) is 29.8 Å². The van der Waals surface area contributed by atoms with Gasteiger partial charge in [0.2, 0.25) is 0 Å². The maximum atomic E-state index is 10.7. The number of aliphatic hydroxyl groups is 2. The van der Waals surface area contributed by atoms with Crippen LogP contribution in [0.2, 0.25) is 0 Å². The molecule has 0 radical (unpaired) electrons. The van der Waals surface area contributed by atoms with Crippen LogP contribution in [0.25, 0.3) is 0 Å². The van der Waals surface area contributed by atoms with E-state index in [0.29, 0.717) is 16.2 Å². The highest BCUT2D eigenvalue weighted by molar-refractivity contribution is 9.09. The van der Waals surface area contributed by atoms with Gasteiger partial charge in [0.25, 0.3) is 0 Å². The average Bonchev–Trinajstić information content (AvgIpc) is 2.72. The van der Waals surface area contributed by atoms with Gasteiger partial charge in [0.1, 0.15) is 0 Å². The zero-order valence-corrected chi connectivity index (χ0v) is 15.6. The third-order valence-corrected chi connectivity index (χ3v) is 9.45. The fourth-order valence-electron chi connectivity index (χ4n) is 7.18. The summed E-state index contributed by atoms with van der Waals surface area (Å²) >= 11 is 3.75. The van der Waals surface area contributed by atoms with Crippen LogP contribution < -0.4 is 0 Å². The van der Waals surface area contributed by atoms with Gasteiger partial charge >= 0.3 is 0 Å². The highest BCUT2D eigenvalue weighted by Gasteiger charge is 2.61. The summed E-state index contributed by atoms with van der Waals surface area (Å²) in [5, 5.41) is 20.8. The summed E-state index contributed by atoms with van der Waals surface area (Å²) in [4.78, 5) is 0.292. The zero-order chi connectivity index (χ0) is 15.7. The second-order valence-electron chi connectivity index (χ2n) is 9.33. The number of aliphatic hydroxyl groups excluding tert-OH is 2. The summed E-state index contributed by atoms with van der Waals surface area (Å²) in [7, 11) is 0. The van der Waals surface area contributed by atoms with Gasteiger partial charge in [-0.3, -0.25) is 0 Å². The second kappa shape index (κ2) is 5.20. The summed E-state index contributed by atoms with van der Waals surface area (Å²) in [5.41, 5.74) is 0.575. The Morgan fingerprint density at radius 1 is 0.864 bits per heavy atom. The molecule has 3 unspecified atom stereocenters. The summed E-state index contributed by atoms with van der Waals surface area (Å²) in [6, 6.07) is 0. The molecule has 4 fully saturated rings. The molecule has 2 N–H and O–H groups in total. The first-order valence-corrected chi connectivity index (χ1v) is 10.3. The van der Waals surface area contributed by atoms with E-state index in [1.165, 1.54) is 32.1 Å². The van der Waals surface area contributed by atoms with Gasteiger partial charge in [-0.25, -0.2) is 0 Å². The quantitative estimate of drug-likeness (QED) is 0.629. The number of fused-ring (bicyclic) bond motifs is 5. The fraction of sp³-hybridized carbons (Fsp3) is 1.00. The SMILES string of the molecule is C[C@]12CCC3C(CC[C@H]4C[C@@H](O)CC[C@]34C)C1C[C@H](Br)[C@@H]2O. The Kier molecular flexibility index (Phi) is 3.76. The molecule has 0 aromatic heterocycles. The van der Waals surface area contributed by atoms with Crippen molar-refractivity contribution < 1.29 is 10.2 Å². The van der Waals surface area contributed by atoms with Crippen molar-refractivity contribution in [2.24, 2.45) is 34.5 Å². The lowest BCUT2D eigenvalue weighted by molar-refractivity contribution is -0.133. The molecule has 0 aromatic rings. The third kappa shape index (κ3) is 2.04. The number of hydrogen-bond donors (Lipinski definition) is 2. The molecule has 4 saturated carbocycles. The van der Waals surface area contributed by atoms with Crippen LogP contribution in [-0.4, -0.2) is 27.2 Å². The number of rotatable bonds is 0. The van der Waals surface area contributed by atoms with Crippen molar-refractivity contribution in [3.05, 3.63) is 0 Å². The van der Waals surface area contributed by atoms with Gasteiger partial charge in [0.15, 0.2) is 0 Å². The van der Waals surface area contributed by atoms with Crippen LogP contribution in [0.5, 0.6) is 0 Å².